The molecule has 2 aromatic rings. The second-order valence-corrected chi connectivity index (χ2v) is 7.79. The fourth-order valence-electron chi connectivity index (χ4n) is 1.83. The van der Waals surface area contributed by atoms with Crippen molar-refractivity contribution in [1.29, 1.82) is 0 Å². The minimum absolute atomic E-state index is 0.00566. The fourth-order valence-corrected chi connectivity index (χ4v) is 3.45. The molecule has 24 heavy (non-hydrogen) atoms. The zero-order valence-electron chi connectivity index (χ0n) is 12.4. The van der Waals surface area contributed by atoms with Crippen LogP contribution in [-0.2, 0) is 14.8 Å². The molecule has 0 fully saturated rings. The molecule has 2 rings (SSSR count). The summed E-state index contributed by atoms with van der Waals surface area (Å²) in [5, 5.41) is 8.58. The molecular formula is C15H13BrClNO5S. The van der Waals surface area contributed by atoms with E-state index in [-0.39, 0.29) is 15.7 Å². The van der Waals surface area contributed by atoms with Crippen LogP contribution in [0.25, 0.3) is 0 Å². The molecule has 0 radical (unpaired) electrons. The van der Waals surface area contributed by atoms with Crippen molar-refractivity contribution in [3.05, 3.63) is 51.5 Å². The molecule has 0 aromatic heterocycles. The Hall–Kier alpha value is -1.77. The molecule has 0 aliphatic rings. The monoisotopic (exact) mass is 433 g/mol. The number of sulfonamides is 1. The molecule has 9 heteroatoms. The van der Waals surface area contributed by atoms with Crippen molar-refractivity contribution in [3.8, 4) is 5.75 Å². The normalized spacial score (nSPS) is 11.1. The summed E-state index contributed by atoms with van der Waals surface area (Å²) in [5.74, 6) is -1.06. The van der Waals surface area contributed by atoms with Gasteiger partial charge < -0.3 is 9.84 Å². The van der Waals surface area contributed by atoms with Crippen LogP contribution in [0, 0.1) is 6.92 Å². The number of ether oxygens (including phenoxy) is 1. The zero-order chi connectivity index (χ0) is 17.9. The van der Waals surface area contributed by atoms with Crippen molar-refractivity contribution in [2.24, 2.45) is 0 Å². The Labute approximate surface area is 152 Å². The van der Waals surface area contributed by atoms with Crippen LogP contribution in [-0.4, -0.2) is 26.1 Å². The lowest BCUT2D eigenvalue weighted by molar-refractivity contribution is -0.139. The molecule has 0 amide bonds. The summed E-state index contributed by atoms with van der Waals surface area (Å²) < 4.78 is 33.1. The predicted molar refractivity (Wildman–Crippen MR) is 94.3 cm³/mol. The van der Waals surface area contributed by atoms with E-state index >= 15 is 0 Å². The molecular weight excluding hydrogens is 422 g/mol. The number of hydrogen-bond donors (Lipinski definition) is 2. The van der Waals surface area contributed by atoms with Gasteiger partial charge in [0.2, 0.25) is 0 Å². The van der Waals surface area contributed by atoms with E-state index in [0.717, 1.165) is 10.0 Å². The largest absolute Gasteiger partial charge is 0.480 e. The number of carboxylic acids is 1. The first-order valence-electron chi connectivity index (χ1n) is 6.62. The van der Waals surface area contributed by atoms with Gasteiger partial charge in [-0.2, -0.15) is 0 Å². The van der Waals surface area contributed by atoms with Gasteiger partial charge in [-0.15, -0.1) is 0 Å². The van der Waals surface area contributed by atoms with E-state index in [9.17, 15) is 13.2 Å². The molecule has 6 nitrogen and oxygen atoms in total. The standard InChI is InChI=1S/C15H13BrClNO5S/c1-9-6-10(2-4-12(9)16)18-24(21,22)11-3-5-14(13(17)7-11)23-8-15(19)20/h2-7,18H,8H2,1H3,(H,19,20). The average molecular weight is 435 g/mol. The van der Waals surface area contributed by atoms with E-state index < -0.39 is 22.6 Å². The van der Waals surface area contributed by atoms with Crippen molar-refractivity contribution >= 4 is 49.2 Å². The molecule has 0 spiro atoms. The maximum atomic E-state index is 12.4. The Balaban J connectivity index is 2.24. The summed E-state index contributed by atoms with van der Waals surface area (Å²) in [6.07, 6.45) is 0. The molecule has 2 aromatic carbocycles. The molecule has 0 saturated heterocycles. The predicted octanol–water partition coefficient (Wildman–Crippen LogP) is 3.68. The second-order valence-electron chi connectivity index (χ2n) is 4.84. The first kappa shape index (κ1) is 18.6. The number of rotatable bonds is 6. The molecule has 0 bridgehead atoms. The summed E-state index contributed by atoms with van der Waals surface area (Å²) >= 11 is 9.30. The lowest BCUT2D eigenvalue weighted by Gasteiger charge is -2.11. The molecule has 0 heterocycles. The maximum absolute atomic E-state index is 12.4. The van der Waals surface area contributed by atoms with Gasteiger partial charge in [0, 0.05) is 10.2 Å². The number of aryl methyl sites for hydroxylation is 1. The first-order chi connectivity index (χ1) is 11.2. The Bertz CT molecular complexity index is 885. The van der Waals surface area contributed by atoms with Gasteiger partial charge in [0.25, 0.3) is 10.0 Å². The topological polar surface area (TPSA) is 92.7 Å². The van der Waals surface area contributed by atoms with Gasteiger partial charge >= 0.3 is 5.97 Å². The molecule has 0 atom stereocenters. The highest BCUT2D eigenvalue weighted by Gasteiger charge is 2.17. The van der Waals surface area contributed by atoms with Crippen LogP contribution in [0.4, 0.5) is 5.69 Å². The van der Waals surface area contributed by atoms with Crippen LogP contribution in [0.2, 0.25) is 5.02 Å². The smallest absolute Gasteiger partial charge is 0.341 e. The minimum atomic E-state index is -3.84. The number of benzene rings is 2. The Kier molecular flexibility index (Phi) is 5.74. The summed E-state index contributed by atoms with van der Waals surface area (Å²) in [5.41, 5.74) is 1.30. The molecule has 128 valence electrons. The van der Waals surface area contributed by atoms with Crippen LogP contribution in [0.5, 0.6) is 5.75 Å². The zero-order valence-corrected chi connectivity index (χ0v) is 15.6. The number of carboxylic acid groups (broad SMARTS) is 1. The van der Waals surface area contributed by atoms with Gasteiger partial charge in [0.15, 0.2) is 6.61 Å². The Morgan fingerprint density at radius 3 is 2.58 bits per heavy atom. The van der Waals surface area contributed by atoms with E-state index in [1.54, 1.807) is 18.2 Å². The van der Waals surface area contributed by atoms with E-state index in [1.165, 1.54) is 18.2 Å². The fraction of sp³-hybridized carbons (Fsp3) is 0.133. The quantitative estimate of drug-likeness (QED) is 0.723. The van der Waals surface area contributed by atoms with Gasteiger partial charge in [0.05, 0.1) is 9.92 Å². The van der Waals surface area contributed by atoms with Crippen molar-refractivity contribution in [3.63, 3.8) is 0 Å². The van der Waals surface area contributed by atoms with E-state index in [2.05, 4.69) is 20.7 Å². The highest BCUT2D eigenvalue weighted by atomic mass is 79.9. The molecule has 0 unspecified atom stereocenters. The van der Waals surface area contributed by atoms with E-state index in [1.807, 2.05) is 6.92 Å². The summed E-state index contributed by atoms with van der Waals surface area (Å²) in [7, 11) is -3.84. The maximum Gasteiger partial charge on any atom is 0.341 e. The van der Waals surface area contributed by atoms with Crippen molar-refractivity contribution < 1.29 is 23.1 Å². The third-order valence-corrected chi connectivity index (χ3v) is 5.54. The summed E-state index contributed by atoms with van der Waals surface area (Å²) in [6, 6.07) is 8.85. The molecule has 0 aliphatic carbocycles. The number of halogens is 2. The van der Waals surface area contributed by atoms with Crippen LogP contribution >= 0.6 is 27.5 Å². The minimum Gasteiger partial charge on any atom is -0.480 e. The Morgan fingerprint density at radius 2 is 2.00 bits per heavy atom. The van der Waals surface area contributed by atoms with Crippen LogP contribution in [0.1, 0.15) is 5.56 Å². The first-order valence-corrected chi connectivity index (χ1v) is 9.27. The Morgan fingerprint density at radius 1 is 1.29 bits per heavy atom. The van der Waals surface area contributed by atoms with Crippen molar-refractivity contribution in [2.75, 3.05) is 11.3 Å². The van der Waals surface area contributed by atoms with Crippen LogP contribution < -0.4 is 9.46 Å². The number of aliphatic carboxylic acids is 1. The lowest BCUT2D eigenvalue weighted by Crippen LogP contribution is -2.13. The molecule has 2 N–H and O–H groups in total. The van der Waals surface area contributed by atoms with Gasteiger partial charge in [0.1, 0.15) is 5.75 Å². The van der Waals surface area contributed by atoms with Gasteiger partial charge in [-0.25, -0.2) is 13.2 Å². The SMILES string of the molecule is Cc1cc(NS(=O)(=O)c2ccc(OCC(=O)O)c(Cl)c2)ccc1Br. The number of nitrogens with one attached hydrogen (secondary N) is 1. The number of carbonyl (C=O) groups is 1. The molecule has 0 aliphatic heterocycles. The van der Waals surface area contributed by atoms with Crippen LogP contribution in [0.15, 0.2) is 45.8 Å². The molecule has 0 saturated carbocycles. The third-order valence-electron chi connectivity index (χ3n) is 2.97. The lowest BCUT2D eigenvalue weighted by atomic mass is 10.2. The average Bonchev–Trinajstić information content (AvgIpc) is 2.49. The number of hydrogen-bond acceptors (Lipinski definition) is 4. The highest BCUT2D eigenvalue weighted by Crippen LogP contribution is 2.29. The van der Waals surface area contributed by atoms with Crippen molar-refractivity contribution in [2.45, 2.75) is 11.8 Å². The van der Waals surface area contributed by atoms with Crippen LogP contribution in [0.3, 0.4) is 0 Å². The highest BCUT2D eigenvalue weighted by molar-refractivity contribution is 9.10. The van der Waals surface area contributed by atoms with Gasteiger partial charge in [-0.05, 0) is 48.9 Å². The summed E-state index contributed by atoms with van der Waals surface area (Å²) in [4.78, 5) is 10.4. The summed E-state index contributed by atoms with van der Waals surface area (Å²) in [6.45, 7) is 1.27. The number of anilines is 1. The van der Waals surface area contributed by atoms with Gasteiger partial charge in [-0.1, -0.05) is 27.5 Å². The third kappa shape index (κ3) is 4.62. The van der Waals surface area contributed by atoms with Gasteiger partial charge in [-0.3, -0.25) is 4.72 Å². The van der Waals surface area contributed by atoms with E-state index in [0.29, 0.717) is 5.69 Å². The van der Waals surface area contributed by atoms with E-state index in [4.69, 9.17) is 21.4 Å². The van der Waals surface area contributed by atoms with Crippen molar-refractivity contribution in [1.82, 2.24) is 0 Å². The second kappa shape index (κ2) is 7.42.